The zero-order valence-corrected chi connectivity index (χ0v) is 22.8. The number of benzene rings is 1. The third-order valence-corrected chi connectivity index (χ3v) is 9.23. The van der Waals surface area contributed by atoms with Crippen LogP contribution in [0.1, 0.15) is 42.7 Å². The normalized spacial score (nSPS) is 23.4. The molecule has 1 aliphatic carbocycles. The quantitative estimate of drug-likeness (QED) is 0.342. The number of fused-ring (bicyclic) bond motifs is 1. The summed E-state index contributed by atoms with van der Waals surface area (Å²) in [6.07, 6.45) is 3.22. The number of rotatable bonds is 14. The van der Waals surface area contributed by atoms with Gasteiger partial charge in [-0.3, -0.25) is 0 Å². The molecule has 1 heterocycles. The molecule has 2 aliphatic rings. The van der Waals surface area contributed by atoms with E-state index in [2.05, 4.69) is 16.7 Å². The van der Waals surface area contributed by atoms with Crippen molar-refractivity contribution in [2.24, 2.45) is 11.7 Å². The van der Waals surface area contributed by atoms with E-state index < -0.39 is 15.3 Å². The minimum absolute atomic E-state index is 0.224. The molecule has 0 aromatic heterocycles. The van der Waals surface area contributed by atoms with Crippen molar-refractivity contribution in [3.05, 3.63) is 33.3 Å². The van der Waals surface area contributed by atoms with Crippen molar-refractivity contribution in [1.82, 2.24) is 9.62 Å². The predicted molar refractivity (Wildman–Crippen MR) is 140 cm³/mol. The van der Waals surface area contributed by atoms with Crippen LogP contribution in [0, 0.1) is 5.92 Å². The lowest BCUT2D eigenvalue weighted by Crippen LogP contribution is -2.42. The van der Waals surface area contributed by atoms with Gasteiger partial charge in [0.05, 0.1) is 44.9 Å². The first kappa shape index (κ1) is 29.1. The molecule has 200 valence electrons. The molecule has 3 unspecified atom stereocenters. The molecule has 3 atom stereocenters. The molecule has 0 radical (unpaired) electrons. The van der Waals surface area contributed by atoms with Crippen LogP contribution in [0.2, 0.25) is 10.0 Å². The van der Waals surface area contributed by atoms with E-state index in [0.717, 1.165) is 31.5 Å². The number of nitrogens with two attached hydrogens (primary N) is 1. The highest BCUT2D eigenvalue weighted by Crippen LogP contribution is 2.44. The lowest BCUT2D eigenvalue weighted by molar-refractivity contribution is 0.0171. The van der Waals surface area contributed by atoms with Gasteiger partial charge in [-0.2, -0.15) is 0 Å². The Bertz CT molecular complexity index is 905. The van der Waals surface area contributed by atoms with E-state index in [9.17, 15) is 8.42 Å². The monoisotopic (exact) mass is 551 g/mol. The van der Waals surface area contributed by atoms with Gasteiger partial charge < -0.3 is 24.8 Å². The molecule has 0 spiro atoms. The second-order valence-corrected chi connectivity index (χ2v) is 12.3. The topological polar surface area (TPSA) is 103 Å². The van der Waals surface area contributed by atoms with Gasteiger partial charge in [0.15, 0.2) is 0 Å². The SMILES string of the molecule is CN1Cc2c(Cl)cc(Cl)cc2C(C2CCCC(S(=O)(=O)NCCOCCOCCOCCN)C2)C1. The third-order valence-electron chi connectivity index (χ3n) is 6.76. The van der Waals surface area contributed by atoms with Crippen molar-refractivity contribution in [3.8, 4) is 0 Å². The highest BCUT2D eigenvalue weighted by Gasteiger charge is 2.38. The van der Waals surface area contributed by atoms with Crippen LogP contribution in [0.5, 0.6) is 0 Å². The Morgan fingerprint density at radius 2 is 1.74 bits per heavy atom. The Balaban J connectivity index is 1.45. The number of nitrogens with zero attached hydrogens (tertiary/aromatic N) is 1. The Hall–Kier alpha value is -0.490. The summed E-state index contributed by atoms with van der Waals surface area (Å²) in [7, 11) is -1.34. The maximum Gasteiger partial charge on any atom is 0.214 e. The maximum absolute atomic E-state index is 13.0. The molecule has 35 heavy (non-hydrogen) atoms. The van der Waals surface area contributed by atoms with Crippen molar-refractivity contribution in [2.45, 2.75) is 43.4 Å². The van der Waals surface area contributed by atoms with E-state index in [1.807, 2.05) is 6.07 Å². The first-order chi connectivity index (χ1) is 16.8. The van der Waals surface area contributed by atoms with Crippen LogP contribution in [0.4, 0.5) is 0 Å². The van der Waals surface area contributed by atoms with Crippen LogP contribution in [0.15, 0.2) is 12.1 Å². The van der Waals surface area contributed by atoms with Crippen molar-refractivity contribution in [2.75, 3.05) is 66.3 Å². The second-order valence-electron chi connectivity index (χ2n) is 9.37. The lowest BCUT2D eigenvalue weighted by Gasteiger charge is -2.40. The van der Waals surface area contributed by atoms with Crippen molar-refractivity contribution in [1.29, 1.82) is 0 Å². The van der Waals surface area contributed by atoms with Crippen LogP contribution in [0.25, 0.3) is 0 Å². The maximum atomic E-state index is 13.0. The van der Waals surface area contributed by atoms with E-state index in [1.54, 1.807) is 6.07 Å². The highest BCUT2D eigenvalue weighted by molar-refractivity contribution is 7.90. The van der Waals surface area contributed by atoms with Crippen molar-refractivity contribution in [3.63, 3.8) is 0 Å². The zero-order chi connectivity index (χ0) is 25.3. The van der Waals surface area contributed by atoms with Gasteiger partial charge in [-0.15, -0.1) is 0 Å². The number of likely N-dealkylation sites (N-methyl/N-ethyl adjacent to an activating group) is 1. The van der Waals surface area contributed by atoms with Gasteiger partial charge in [0.1, 0.15) is 0 Å². The third kappa shape index (κ3) is 8.79. The smallest absolute Gasteiger partial charge is 0.214 e. The number of ether oxygens (including phenoxy) is 3. The van der Waals surface area contributed by atoms with Gasteiger partial charge in [-0.25, -0.2) is 13.1 Å². The molecule has 0 bridgehead atoms. The summed E-state index contributed by atoms with van der Waals surface area (Å²) in [5.74, 6) is 0.491. The molecular weight excluding hydrogens is 513 g/mol. The summed E-state index contributed by atoms with van der Waals surface area (Å²) >= 11 is 12.8. The summed E-state index contributed by atoms with van der Waals surface area (Å²) in [6.45, 7) is 5.07. The molecular formula is C24H39Cl2N3O5S. The van der Waals surface area contributed by atoms with Crippen LogP contribution < -0.4 is 10.5 Å². The van der Waals surface area contributed by atoms with Crippen LogP contribution in [-0.4, -0.2) is 84.9 Å². The number of hydrogen-bond donors (Lipinski definition) is 2. The standard InChI is InChI=1S/C24H39Cl2N3O5S/c1-29-16-22(21-14-19(25)15-24(26)23(21)17-29)18-3-2-4-20(13-18)35(30,31)28-6-8-33-10-12-34-11-9-32-7-5-27/h14-15,18,20,22,28H,2-13,16-17,27H2,1H3. The fourth-order valence-corrected chi connectivity index (χ4v) is 7.27. The molecule has 3 rings (SSSR count). The number of sulfonamides is 1. The molecule has 11 heteroatoms. The lowest BCUT2D eigenvalue weighted by atomic mass is 9.74. The highest BCUT2D eigenvalue weighted by atomic mass is 35.5. The summed E-state index contributed by atoms with van der Waals surface area (Å²) in [4.78, 5) is 2.26. The van der Waals surface area contributed by atoms with Gasteiger partial charge in [0.2, 0.25) is 10.0 Å². The average Bonchev–Trinajstić information content (AvgIpc) is 2.82. The average molecular weight is 553 g/mol. The van der Waals surface area contributed by atoms with Crippen LogP contribution in [-0.2, 0) is 30.8 Å². The molecule has 0 amide bonds. The molecule has 1 aromatic carbocycles. The second kappa shape index (κ2) is 14.4. The first-order valence-electron chi connectivity index (χ1n) is 12.4. The molecule has 1 aliphatic heterocycles. The Labute approximate surface area is 219 Å². The Morgan fingerprint density at radius 1 is 1.06 bits per heavy atom. The molecule has 3 N–H and O–H groups in total. The van der Waals surface area contributed by atoms with E-state index >= 15 is 0 Å². The molecule has 1 fully saturated rings. The molecule has 1 saturated carbocycles. The minimum Gasteiger partial charge on any atom is -0.378 e. The van der Waals surface area contributed by atoms with E-state index in [4.69, 9.17) is 43.1 Å². The van der Waals surface area contributed by atoms with E-state index in [-0.39, 0.29) is 18.4 Å². The number of nitrogens with one attached hydrogen (secondary N) is 1. The van der Waals surface area contributed by atoms with Gasteiger partial charge >= 0.3 is 0 Å². The Morgan fingerprint density at radius 3 is 2.46 bits per heavy atom. The Kier molecular flexibility index (Phi) is 12.0. The summed E-state index contributed by atoms with van der Waals surface area (Å²) in [6, 6.07) is 3.81. The minimum atomic E-state index is -3.43. The van der Waals surface area contributed by atoms with Gasteiger partial charge in [-0.05, 0) is 61.4 Å². The first-order valence-corrected chi connectivity index (χ1v) is 14.7. The summed E-state index contributed by atoms with van der Waals surface area (Å²) in [5.41, 5.74) is 7.64. The van der Waals surface area contributed by atoms with E-state index in [0.29, 0.717) is 69.1 Å². The fraction of sp³-hybridized carbons (Fsp3) is 0.750. The molecule has 1 aromatic rings. The number of halogens is 2. The van der Waals surface area contributed by atoms with Crippen molar-refractivity contribution < 1.29 is 22.6 Å². The van der Waals surface area contributed by atoms with Crippen LogP contribution in [0.3, 0.4) is 0 Å². The van der Waals surface area contributed by atoms with Gasteiger partial charge in [-0.1, -0.05) is 29.6 Å². The zero-order valence-electron chi connectivity index (χ0n) is 20.5. The summed E-state index contributed by atoms with van der Waals surface area (Å²) in [5, 5.41) is 0.926. The summed E-state index contributed by atoms with van der Waals surface area (Å²) < 4.78 is 44.9. The van der Waals surface area contributed by atoms with Crippen LogP contribution >= 0.6 is 23.2 Å². The molecule has 0 saturated heterocycles. The van der Waals surface area contributed by atoms with Gasteiger partial charge in [0, 0.05) is 36.2 Å². The van der Waals surface area contributed by atoms with E-state index in [1.165, 1.54) is 5.56 Å². The number of hydrogen-bond acceptors (Lipinski definition) is 7. The molecule has 8 nitrogen and oxygen atoms in total. The van der Waals surface area contributed by atoms with Crippen molar-refractivity contribution >= 4 is 33.2 Å². The fourth-order valence-electron chi connectivity index (χ4n) is 5.12. The largest absolute Gasteiger partial charge is 0.378 e. The predicted octanol–water partition coefficient (Wildman–Crippen LogP) is 3.01. The van der Waals surface area contributed by atoms with Gasteiger partial charge in [0.25, 0.3) is 0 Å².